The number of rotatable bonds is 8. The van der Waals surface area contributed by atoms with E-state index in [-0.39, 0.29) is 4.90 Å². The van der Waals surface area contributed by atoms with E-state index in [9.17, 15) is 21.6 Å². The van der Waals surface area contributed by atoms with Gasteiger partial charge in [0.2, 0.25) is 15.9 Å². The van der Waals surface area contributed by atoms with Crippen LogP contribution in [-0.4, -0.2) is 35.0 Å². The van der Waals surface area contributed by atoms with Crippen LogP contribution in [0.25, 0.3) is 0 Å². The minimum absolute atomic E-state index is 0.0275. The third kappa shape index (κ3) is 6.24. The van der Waals surface area contributed by atoms with Gasteiger partial charge in [0.1, 0.15) is 6.04 Å². The van der Waals surface area contributed by atoms with Crippen LogP contribution in [-0.2, 0) is 24.8 Å². The Hall–Kier alpha value is -3.37. The van der Waals surface area contributed by atoms with E-state index >= 15 is 0 Å². The molecule has 0 aliphatic heterocycles. The van der Waals surface area contributed by atoms with Crippen molar-refractivity contribution in [1.82, 2.24) is 0 Å². The average Bonchev–Trinajstić information content (AvgIpc) is 2.78. The van der Waals surface area contributed by atoms with Crippen molar-refractivity contribution in [1.29, 1.82) is 0 Å². The van der Waals surface area contributed by atoms with Gasteiger partial charge in [0.05, 0.1) is 16.8 Å². The van der Waals surface area contributed by atoms with Crippen molar-refractivity contribution in [2.75, 3.05) is 20.6 Å². The first-order chi connectivity index (χ1) is 16.7. The molecule has 192 valence electrons. The summed E-state index contributed by atoms with van der Waals surface area (Å²) in [6.07, 6.45) is 1.05. The summed E-state index contributed by atoms with van der Waals surface area (Å²) in [7, 11) is -7.59. The molecule has 0 spiro atoms. The highest BCUT2D eigenvalue weighted by atomic mass is 32.2. The highest BCUT2D eigenvalue weighted by Crippen LogP contribution is 2.25. The number of benzene rings is 3. The van der Waals surface area contributed by atoms with E-state index in [1.165, 1.54) is 31.2 Å². The maximum absolute atomic E-state index is 13.0. The zero-order valence-corrected chi connectivity index (χ0v) is 22.8. The lowest BCUT2D eigenvalue weighted by molar-refractivity contribution is -0.116. The minimum Gasteiger partial charge on any atom is -0.324 e. The van der Waals surface area contributed by atoms with Crippen LogP contribution >= 0.6 is 0 Å². The maximum atomic E-state index is 13.0. The molecular weight excluding hydrogens is 498 g/mol. The average molecular weight is 530 g/mol. The van der Waals surface area contributed by atoms with Crippen molar-refractivity contribution in [2.24, 2.45) is 0 Å². The van der Waals surface area contributed by atoms with Crippen LogP contribution in [0.5, 0.6) is 0 Å². The molecule has 0 aliphatic carbocycles. The van der Waals surface area contributed by atoms with Gasteiger partial charge in [-0.3, -0.25) is 13.8 Å². The Balaban J connectivity index is 1.78. The number of nitrogens with zero attached hydrogens (tertiary/aromatic N) is 1. The lowest BCUT2D eigenvalue weighted by Gasteiger charge is -2.28. The molecule has 0 saturated heterocycles. The molecule has 1 amide bonds. The summed E-state index contributed by atoms with van der Waals surface area (Å²) in [6.45, 7) is 9.13. The molecule has 0 bridgehead atoms. The maximum Gasteiger partial charge on any atom is 0.261 e. The Morgan fingerprint density at radius 3 is 1.81 bits per heavy atom. The van der Waals surface area contributed by atoms with E-state index in [1.807, 2.05) is 33.8 Å². The summed E-state index contributed by atoms with van der Waals surface area (Å²) in [5.41, 5.74) is 5.11. The molecule has 0 fully saturated rings. The van der Waals surface area contributed by atoms with Gasteiger partial charge in [-0.05, 0) is 105 Å². The normalized spacial score (nSPS) is 12.6. The highest BCUT2D eigenvalue weighted by molar-refractivity contribution is 7.92. The van der Waals surface area contributed by atoms with Crippen LogP contribution in [0.15, 0.2) is 65.6 Å². The highest BCUT2D eigenvalue weighted by Gasteiger charge is 2.29. The Morgan fingerprint density at radius 2 is 1.28 bits per heavy atom. The van der Waals surface area contributed by atoms with E-state index < -0.39 is 32.0 Å². The Bertz CT molecular complexity index is 1500. The number of sulfonamides is 2. The van der Waals surface area contributed by atoms with Crippen LogP contribution in [0.3, 0.4) is 0 Å². The molecule has 8 nitrogen and oxygen atoms in total. The number of hydrogen-bond acceptors (Lipinski definition) is 5. The van der Waals surface area contributed by atoms with E-state index in [0.717, 1.165) is 32.8 Å². The van der Waals surface area contributed by atoms with Gasteiger partial charge in [-0.1, -0.05) is 12.1 Å². The summed E-state index contributed by atoms with van der Waals surface area (Å²) < 4.78 is 54.3. The van der Waals surface area contributed by atoms with Crippen molar-refractivity contribution in [3.8, 4) is 0 Å². The van der Waals surface area contributed by atoms with Gasteiger partial charge in [0, 0.05) is 11.4 Å². The first kappa shape index (κ1) is 27.2. The number of anilines is 3. The van der Waals surface area contributed by atoms with Gasteiger partial charge in [-0.2, -0.15) is 0 Å². The summed E-state index contributed by atoms with van der Waals surface area (Å²) >= 11 is 0. The lowest BCUT2D eigenvalue weighted by atomic mass is 10.1. The molecule has 2 N–H and O–H groups in total. The van der Waals surface area contributed by atoms with Crippen LogP contribution in [0.1, 0.15) is 29.2 Å². The van der Waals surface area contributed by atoms with E-state index in [4.69, 9.17) is 0 Å². The predicted octanol–water partition coefficient (Wildman–Crippen LogP) is 4.51. The van der Waals surface area contributed by atoms with Crippen LogP contribution in [0, 0.1) is 27.7 Å². The fourth-order valence-corrected chi connectivity index (χ4v) is 5.87. The van der Waals surface area contributed by atoms with Crippen molar-refractivity contribution in [2.45, 2.75) is 45.6 Å². The van der Waals surface area contributed by atoms with Crippen molar-refractivity contribution in [3.63, 3.8) is 0 Å². The third-order valence-corrected chi connectivity index (χ3v) is 8.66. The lowest BCUT2D eigenvalue weighted by Crippen LogP contribution is -2.45. The third-order valence-electron chi connectivity index (χ3n) is 6.02. The molecular formula is C26H31N3O5S2. The number of hydrogen-bond donors (Lipinski definition) is 2. The Kier molecular flexibility index (Phi) is 7.80. The zero-order valence-electron chi connectivity index (χ0n) is 21.2. The van der Waals surface area contributed by atoms with Gasteiger partial charge in [-0.15, -0.1) is 0 Å². The van der Waals surface area contributed by atoms with E-state index in [2.05, 4.69) is 10.0 Å². The largest absolute Gasteiger partial charge is 0.324 e. The number of nitrogens with one attached hydrogen (secondary N) is 2. The molecule has 3 aromatic carbocycles. The molecule has 0 saturated carbocycles. The van der Waals surface area contributed by atoms with Crippen LogP contribution in [0.2, 0.25) is 0 Å². The van der Waals surface area contributed by atoms with Crippen LogP contribution in [0.4, 0.5) is 17.1 Å². The van der Waals surface area contributed by atoms with Gasteiger partial charge in [0.15, 0.2) is 0 Å². The summed E-state index contributed by atoms with van der Waals surface area (Å²) in [4.78, 5) is 13.0. The smallest absolute Gasteiger partial charge is 0.261 e. The molecule has 1 atom stereocenters. The fourth-order valence-electron chi connectivity index (χ4n) is 3.65. The van der Waals surface area contributed by atoms with Crippen molar-refractivity contribution in [3.05, 3.63) is 82.9 Å². The van der Waals surface area contributed by atoms with Gasteiger partial charge >= 0.3 is 0 Å². The molecule has 10 heteroatoms. The molecule has 1 unspecified atom stereocenters. The van der Waals surface area contributed by atoms with Crippen molar-refractivity contribution < 1.29 is 21.6 Å². The fraction of sp³-hybridized carbons (Fsp3) is 0.269. The summed E-state index contributed by atoms with van der Waals surface area (Å²) in [5, 5.41) is 2.67. The van der Waals surface area contributed by atoms with Gasteiger partial charge in [-0.25, -0.2) is 16.8 Å². The first-order valence-electron chi connectivity index (χ1n) is 11.3. The van der Waals surface area contributed by atoms with Crippen molar-refractivity contribution >= 4 is 43.0 Å². The second-order valence-electron chi connectivity index (χ2n) is 8.92. The number of carbonyl (C=O) groups is 1. The Labute approximate surface area is 213 Å². The number of amides is 1. The molecule has 3 rings (SSSR count). The Morgan fingerprint density at radius 1 is 0.750 bits per heavy atom. The molecule has 0 aromatic heterocycles. The minimum atomic E-state index is -3.83. The summed E-state index contributed by atoms with van der Waals surface area (Å²) in [6, 6.07) is 15.1. The zero-order chi connectivity index (χ0) is 26.8. The number of carbonyl (C=O) groups excluding carboxylic acids is 1. The monoisotopic (exact) mass is 529 g/mol. The first-order valence-corrected chi connectivity index (χ1v) is 14.6. The molecule has 0 aliphatic rings. The van der Waals surface area contributed by atoms with Crippen LogP contribution < -0.4 is 14.3 Å². The SMILES string of the molecule is Cc1ccc(NS(=O)(=O)c2ccc(NC(=O)C(C)N(c3ccc(C)c(C)c3)S(C)(=O)=O)cc2)cc1C. The molecule has 0 heterocycles. The summed E-state index contributed by atoms with van der Waals surface area (Å²) in [5.74, 6) is -0.553. The van der Waals surface area contributed by atoms with E-state index in [1.54, 1.807) is 30.3 Å². The quantitative estimate of drug-likeness (QED) is 0.446. The molecule has 36 heavy (non-hydrogen) atoms. The van der Waals surface area contributed by atoms with E-state index in [0.29, 0.717) is 17.1 Å². The predicted molar refractivity (Wildman–Crippen MR) is 144 cm³/mol. The second kappa shape index (κ2) is 10.3. The topological polar surface area (TPSA) is 113 Å². The van der Waals surface area contributed by atoms with Gasteiger partial charge in [0.25, 0.3) is 10.0 Å². The standard InChI is InChI=1S/C26H31N3O5S2/c1-17-7-9-23(15-19(17)3)28-36(33,34)25-13-10-22(11-14-25)27-26(30)21(5)29(35(6,31)32)24-12-8-18(2)20(4)16-24/h7-16,21,28H,1-6H3,(H,27,30). The molecule has 3 aromatic rings. The number of aryl methyl sites for hydroxylation is 4. The van der Waals surface area contributed by atoms with Gasteiger partial charge < -0.3 is 5.32 Å². The molecule has 0 radical (unpaired) electrons. The second-order valence-corrected chi connectivity index (χ2v) is 12.5.